The lowest BCUT2D eigenvalue weighted by atomic mass is 10.0. The van der Waals surface area contributed by atoms with Crippen LogP contribution in [0.25, 0.3) is 11.1 Å². The predicted molar refractivity (Wildman–Crippen MR) is 108 cm³/mol. The van der Waals surface area contributed by atoms with Gasteiger partial charge >= 0.3 is 6.03 Å². The van der Waals surface area contributed by atoms with Gasteiger partial charge in [0, 0.05) is 37.4 Å². The first-order valence-electron chi connectivity index (χ1n) is 9.19. The van der Waals surface area contributed by atoms with Crippen molar-refractivity contribution in [3.8, 4) is 11.1 Å². The molecule has 1 aliphatic rings. The highest BCUT2D eigenvalue weighted by molar-refractivity contribution is 7.88. The normalized spacial score (nSPS) is 15.9. The van der Waals surface area contributed by atoms with Crippen LogP contribution in [0.15, 0.2) is 42.5 Å². The topological polar surface area (TPSA) is 69.7 Å². The molecule has 0 unspecified atom stereocenters. The first-order chi connectivity index (χ1) is 13.6. The summed E-state index contributed by atoms with van der Waals surface area (Å²) < 4.78 is 51.9. The Morgan fingerprint density at radius 1 is 1.10 bits per heavy atom. The molecule has 0 aliphatic carbocycles. The zero-order valence-electron chi connectivity index (χ0n) is 16.2. The summed E-state index contributed by atoms with van der Waals surface area (Å²) in [5.41, 5.74) is 1.18. The van der Waals surface area contributed by atoms with E-state index in [0.29, 0.717) is 37.2 Å². The number of urea groups is 1. The van der Waals surface area contributed by atoms with E-state index in [2.05, 4.69) is 5.32 Å². The molecule has 1 heterocycles. The standard InChI is InChI=1S/C20H23F2N3O3S/c1-24(17-9-11-25(12-10-17)29(2,27)28)20(26)23-16-6-3-14(4-7-16)18-13-15(21)5-8-19(18)22/h3-8,13,17H,9-12H2,1-2H3,(H,23,26). The number of nitrogens with zero attached hydrogens (tertiary/aromatic N) is 2. The Bertz CT molecular complexity index is 989. The number of halogens is 2. The first kappa shape index (κ1) is 21.2. The van der Waals surface area contributed by atoms with Crippen molar-refractivity contribution < 1.29 is 22.0 Å². The van der Waals surface area contributed by atoms with Crippen LogP contribution in [0.3, 0.4) is 0 Å². The van der Waals surface area contributed by atoms with Gasteiger partial charge in [-0.2, -0.15) is 0 Å². The SMILES string of the molecule is CN(C(=O)Nc1ccc(-c2cc(F)ccc2F)cc1)C1CCN(S(C)(=O)=O)CC1. The van der Waals surface area contributed by atoms with Gasteiger partial charge in [-0.3, -0.25) is 0 Å². The number of rotatable bonds is 4. The van der Waals surface area contributed by atoms with Gasteiger partial charge in [-0.05, 0) is 48.7 Å². The summed E-state index contributed by atoms with van der Waals surface area (Å²) in [6, 6.07) is 9.35. The summed E-state index contributed by atoms with van der Waals surface area (Å²) >= 11 is 0. The van der Waals surface area contributed by atoms with E-state index in [9.17, 15) is 22.0 Å². The van der Waals surface area contributed by atoms with Gasteiger partial charge in [0.1, 0.15) is 11.6 Å². The van der Waals surface area contributed by atoms with E-state index >= 15 is 0 Å². The summed E-state index contributed by atoms with van der Waals surface area (Å²) in [6.45, 7) is 0.768. The smallest absolute Gasteiger partial charge is 0.321 e. The Morgan fingerprint density at radius 3 is 2.31 bits per heavy atom. The van der Waals surface area contributed by atoms with Crippen molar-refractivity contribution in [3.63, 3.8) is 0 Å². The molecule has 0 radical (unpaired) electrons. The van der Waals surface area contributed by atoms with Gasteiger partial charge in [-0.15, -0.1) is 0 Å². The average Bonchev–Trinajstić information content (AvgIpc) is 2.69. The zero-order valence-corrected chi connectivity index (χ0v) is 17.0. The van der Waals surface area contributed by atoms with Gasteiger partial charge in [-0.1, -0.05) is 12.1 Å². The molecular weight excluding hydrogens is 400 g/mol. The Kier molecular flexibility index (Phi) is 6.18. The van der Waals surface area contributed by atoms with Crippen molar-refractivity contribution in [3.05, 3.63) is 54.1 Å². The third kappa shape index (κ3) is 5.10. The van der Waals surface area contributed by atoms with E-state index in [1.165, 1.54) is 10.6 Å². The highest BCUT2D eigenvalue weighted by Crippen LogP contribution is 2.25. The summed E-state index contributed by atoms with van der Waals surface area (Å²) in [5, 5.41) is 2.77. The van der Waals surface area contributed by atoms with E-state index in [0.717, 1.165) is 18.2 Å². The summed E-state index contributed by atoms with van der Waals surface area (Å²) in [4.78, 5) is 14.1. The number of benzene rings is 2. The minimum atomic E-state index is -3.21. The first-order valence-corrected chi connectivity index (χ1v) is 11.0. The predicted octanol–water partition coefficient (Wildman–Crippen LogP) is 3.52. The number of sulfonamides is 1. The number of carbonyl (C=O) groups is 1. The number of piperidine rings is 1. The van der Waals surface area contributed by atoms with Gasteiger partial charge in [0.2, 0.25) is 10.0 Å². The lowest BCUT2D eigenvalue weighted by molar-refractivity contribution is 0.174. The summed E-state index contributed by atoms with van der Waals surface area (Å²) in [7, 11) is -1.54. The Hall–Kier alpha value is -2.52. The van der Waals surface area contributed by atoms with E-state index in [-0.39, 0.29) is 17.6 Å². The second-order valence-electron chi connectivity index (χ2n) is 7.14. The molecule has 3 rings (SSSR count). The quantitative estimate of drug-likeness (QED) is 0.818. The number of amides is 2. The van der Waals surface area contributed by atoms with Crippen molar-refractivity contribution in [1.82, 2.24) is 9.21 Å². The number of nitrogens with one attached hydrogen (secondary N) is 1. The van der Waals surface area contributed by atoms with Crippen LogP contribution in [-0.4, -0.2) is 56.1 Å². The third-order valence-electron chi connectivity index (χ3n) is 5.14. The van der Waals surface area contributed by atoms with Crippen molar-refractivity contribution in [1.29, 1.82) is 0 Å². The van der Waals surface area contributed by atoms with Crippen LogP contribution in [0.1, 0.15) is 12.8 Å². The number of carbonyl (C=O) groups excluding carboxylic acids is 1. The lowest BCUT2D eigenvalue weighted by Gasteiger charge is -2.35. The molecule has 1 N–H and O–H groups in total. The van der Waals surface area contributed by atoms with Crippen molar-refractivity contribution >= 4 is 21.7 Å². The number of hydrogen-bond acceptors (Lipinski definition) is 3. The fraction of sp³-hybridized carbons (Fsp3) is 0.350. The number of anilines is 1. The van der Waals surface area contributed by atoms with Gasteiger partial charge in [0.05, 0.1) is 6.26 Å². The number of hydrogen-bond donors (Lipinski definition) is 1. The van der Waals surface area contributed by atoms with Crippen LogP contribution in [0.5, 0.6) is 0 Å². The van der Waals surface area contributed by atoms with Crippen LogP contribution in [0.4, 0.5) is 19.3 Å². The molecule has 0 atom stereocenters. The molecule has 29 heavy (non-hydrogen) atoms. The molecule has 1 fully saturated rings. The Labute approximate surface area is 169 Å². The van der Waals surface area contributed by atoms with Gasteiger partial charge < -0.3 is 10.2 Å². The monoisotopic (exact) mass is 423 g/mol. The Balaban J connectivity index is 1.61. The Morgan fingerprint density at radius 2 is 1.72 bits per heavy atom. The molecule has 0 aromatic heterocycles. The second-order valence-corrected chi connectivity index (χ2v) is 9.12. The van der Waals surface area contributed by atoms with E-state index < -0.39 is 21.7 Å². The average molecular weight is 423 g/mol. The highest BCUT2D eigenvalue weighted by Gasteiger charge is 2.29. The van der Waals surface area contributed by atoms with Crippen molar-refractivity contribution in [2.24, 2.45) is 0 Å². The van der Waals surface area contributed by atoms with Crippen LogP contribution in [0, 0.1) is 11.6 Å². The van der Waals surface area contributed by atoms with Crippen LogP contribution < -0.4 is 5.32 Å². The van der Waals surface area contributed by atoms with E-state index in [1.54, 1.807) is 36.2 Å². The molecule has 2 aromatic carbocycles. The van der Waals surface area contributed by atoms with E-state index in [4.69, 9.17) is 0 Å². The minimum Gasteiger partial charge on any atom is -0.325 e. The van der Waals surface area contributed by atoms with Crippen LogP contribution in [0.2, 0.25) is 0 Å². The van der Waals surface area contributed by atoms with Crippen LogP contribution in [-0.2, 0) is 10.0 Å². The fourth-order valence-electron chi connectivity index (χ4n) is 3.39. The zero-order chi connectivity index (χ0) is 21.2. The molecule has 6 nitrogen and oxygen atoms in total. The molecule has 9 heteroatoms. The maximum absolute atomic E-state index is 13.9. The fourth-order valence-corrected chi connectivity index (χ4v) is 4.26. The summed E-state index contributed by atoms with van der Waals surface area (Å²) in [6.07, 6.45) is 2.31. The van der Waals surface area contributed by atoms with Gasteiger partial charge in [0.15, 0.2) is 0 Å². The molecule has 2 amide bonds. The molecule has 0 bridgehead atoms. The molecule has 0 saturated carbocycles. The molecule has 1 saturated heterocycles. The van der Waals surface area contributed by atoms with Crippen molar-refractivity contribution in [2.75, 3.05) is 31.7 Å². The van der Waals surface area contributed by atoms with Crippen LogP contribution >= 0.6 is 0 Å². The maximum atomic E-state index is 13.9. The highest BCUT2D eigenvalue weighted by atomic mass is 32.2. The van der Waals surface area contributed by atoms with Gasteiger partial charge in [0.25, 0.3) is 0 Å². The maximum Gasteiger partial charge on any atom is 0.321 e. The van der Waals surface area contributed by atoms with Gasteiger partial charge in [-0.25, -0.2) is 26.3 Å². The molecule has 156 valence electrons. The summed E-state index contributed by atoms with van der Waals surface area (Å²) in [5.74, 6) is -1.05. The lowest BCUT2D eigenvalue weighted by Crippen LogP contribution is -2.48. The molecule has 1 aliphatic heterocycles. The molecular formula is C20H23F2N3O3S. The third-order valence-corrected chi connectivity index (χ3v) is 6.44. The largest absolute Gasteiger partial charge is 0.325 e. The second kappa shape index (κ2) is 8.46. The van der Waals surface area contributed by atoms with Crippen molar-refractivity contribution in [2.45, 2.75) is 18.9 Å². The van der Waals surface area contributed by atoms with E-state index in [1.807, 2.05) is 0 Å². The molecule has 2 aromatic rings. The molecule has 0 spiro atoms. The minimum absolute atomic E-state index is 0.0614.